The van der Waals surface area contributed by atoms with Crippen molar-refractivity contribution in [2.75, 3.05) is 26.3 Å². The van der Waals surface area contributed by atoms with Crippen LogP contribution in [0.15, 0.2) is 22.5 Å². The molecule has 1 aromatic rings. The van der Waals surface area contributed by atoms with Gasteiger partial charge >= 0.3 is 0 Å². The highest BCUT2D eigenvalue weighted by Gasteiger charge is 2.11. The van der Waals surface area contributed by atoms with Gasteiger partial charge in [0, 0.05) is 18.0 Å². The molecule has 0 saturated carbocycles. The molecular formula is C10H15N3OS. The molecule has 2 heterocycles. The molecule has 1 aliphatic heterocycles. The van der Waals surface area contributed by atoms with Crippen molar-refractivity contribution in [3.05, 3.63) is 22.4 Å². The Morgan fingerprint density at radius 1 is 1.53 bits per heavy atom. The van der Waals surface area contributed by atoms with Crippen LogP contribution >= 0.6 is 11.3 Å². The van der Waals surface area contributed by atoms with Crippen LogP contribution in [-0.2, 0) is 11.3 Å². The molecule has 2 rings (SSSR count). The third kappa shape index (κ3) is 2.94. The fourth-order valence-electron chi connectivity index (χ4n) is 1.45. The van der Waals surface area contributed by atoms with Gasteiger partial charge in [0.15, 0.2) is 5.96 Å². The highest BCUT2D eigenvalue weighted by Crippen LogP contribution is 2.09. The van der Waals surface area contributed by atoms with Crippen molar-refractivity contribution in [3.63, 3.8) is 0 Å². The lowest BCUT2D eigenvalue weighted by Crippen LogP contribution is -2.44. The van der Waals surface area contributed by atoms with Crippen LogP contribution in [0.1, 0.15) is 4.88 Å². The zero-order valence-electron chi connectivity index (χ0n) is 8.56. The second kappa shape index (κ2) is 5.14. The fraction of sp³-hybridized carbons (Fsp3) is 0.500. The Bertz CT molecular complexity index is 317. The topological polar surface area (TPSA) is 50.8 Å². The van der Waals surface area contributed by atoms with Gasteiger partial charge in [-0.15, -0.1) is 11.3 Å². The van der Waals surface area contributed by atoms with Crippen LogP contribution in [0.3, 0.4) is 0 Å². The number of aliphatic imine (C=N–C) groups is 1. The first-order valence-corrected chi connectivity index (χ1v) is 5.89. The summed E-state index contributed by atoms with van der Waals surface area (Å²) >= 11 is 1.71. The third-order valence-electron chi connectivity index (χ3n) is 2.31. The van der Waals surface area contributed by atoms with E-state index >= 15 is 0 Å². The Balaban J connectivity index is 1.88. The van der Waals surface area contributed by atoms with Crippen LogP contribution in [0, 0.1) is 0 Å². The van der Waals surface area contributed by atoms with Crippen molar-refractivity contribution in [2.45, 2.75) is 6.54 Å². The standard InChI is InChI=1S/C10H15N3OS/c11-10(13-3-5-14-6-4-13)12-8-9-2-1-7-15-9/h1-2,7H,3-6,8H2,(H2,11,12). The molecule has 1 aliphatic rings. The predicted octanol–water partition coefficient (Wildman–Crippen LogP) is 0.895. The zero-order valence-corrected chi connectivity index (χ0v) is 9.37. The summed E-state index contributed by atoms with van der Waals surface area (Å²) in [5.74, 6) is 0.631. The van der Waals surface area contributed by atoms with Crippen molar-refractivity contribution in [1.82, 2.24) is 4.90 Å². The largest absolute Gasteiger partial charge is 0.378 e. The number of hydrogen-bond acceptors (Lipinski definition) is 3. The molecular weight excluding hydrogens is 210 g/mol. The summed E-state index contributed by atoms with van der Waals surface area (Å²) in [6.45, 7) is 3.87. The van der Waals surface area contributed by atoms with E-state index in [4.69, 9.17) is 10.5 Å². The van der Waals surface area contributed by atoms with Gasteiger partial charge in [-0.1, -0.05) is 6.07 Å². The minimum atomic E-state index is 0.631. The van der Waals surface area contributed by atoms with Gasteiger partial charge < -0.3 is 15.4 Å². The minimum absolute atomic E-state index is 0.631. The first kappa shape index (κ1) is 10.4. The third-order valence-corrected chi connectivity index (χ3v) is 3.17. The van der Waals surface area contributed by atoms with Gasteiger partial charge in [0.1, 0.15) is 0 Å². The number of morpholine rings is 1. The summed E-state index contributed by atoms with van der Waals surface area (Å²) in [5, 5.41) is 2.05. The van der Waals surface area contributed by atoms with Crippen molar-refractivity contribution in [3.8, 4) is 0 Å². The van der Waals surface area contributed by atoms with Gasteiger partial charge in [0.2, 0.25) is 0 Å². The number of rotatable bonds is 2. The second-order valence-corrected chi connectivity index (χ2v) is 4.39. The second-order valence-electron chi connectivity index (χ2n) is 3.35. The van der Waals surface area contributed by atoms with E-state index in [1.165, 1.54) is 4.88 Å². The van der Waals surface area contributed by atoms with Gasteiger partial charge in [0.05, 0.1) is 19.8 Å². The smallest absolute Gasteiger partial charge is 0.191 e. The lowest BCUT2D eigenvalue weighted by Gasteiger charge is -2.27. The van der Waals surface area contributed by atoms with E-state index in [-0.39, 0.29) is 0 Å². The molecule has 0 amide bonds. The Morgan fingerprint density at radius 2 is 2.33 bits per heavy atom. The first-order chi connectivity index (χ1) is 7.36. The molecule has 82 valence electrons. The van der Waals surface area contributed by atoms with Crippen molar-refractivity contribution in [1.29, 1.82) is 0 Å². The maximum absolute atomic E-state index is 5.89. The Morgan fingerprint density at radius 3 is 3.00 bits per heavy atom. The molecule has 0 bridgehead atoms. The van der Waals surface area contributed by atoms with Crippen LogP contribution in [-0.4, -0.2) is 37.2 Å². The Labute approximate surface area is 93.4 Å². The van der Waals surface area contributed by atoms with Crippen LogP contribution < -0.4 is 5.73 Å². The summed E-state index contributed by atoms with van der Waals surface area (Å²) in [6.07, 6.45) is 0. The zero-order chi connectivity index (χ0) is 10.5. The molecule has 1 saturated heterocycles. The summed E-state index contributed by atoms with van der Waals surface area (Å²) in [5.41, 5.74) is 5.89. The van der Waals surface area contributed by atoms with Crippen molar-refractivity contribution >= 4 is 17.3 Å². The van der Waals surface area contributed by atoms with E-state index < -0.39 is 0 Å². The summed E-state index contributed by atoms with van der Waals surface area (Å²) in [4.78, 5) is 7.67. The molecule has 15 heavy (non-hydrogen) atoms. The Hall–Kier alpha value is -1.07. The normalized spacial score (nSPS) is 18.1. The summed E-state index contributed by atoms with van der Waals surface area (Å²) < 4.78 is 5.25. The molecule has 1 aromatic heterocycles. The molecule has 4 nitrogen and oxygen atoms in total. The van der Waals surface area contributed by atoms with E-state index in [0.29, 0.717) is 12.5 Å². The molecule has 0 aromatic carbocycles. The molecule has 0 radical (unpaired) electrons. The molecule has 1 fully saturated rings. The molecule has 0 atom stereocenters. The van der Waals surface area contributed by atoms with E-state index in [9.17, 15) is 0 Å². The molecule has 5 heteroatoms. The number of nitrogens with two attached hydrogens (primary N) is 1. The maximum atomic E-state index is 5.89. The monoisotopic (exact) mass is 225 g/mol. The van der Waals surface area contributed by atoms with E-state index in [1.54, 1.807) is 11.3 Å². The minimum Gasteiger partial charge on any atom is -0.378 e. The number of guanidine groups is 1. The van der Waals surface area contributed by atoms with Gasteiger partial charge in [0.25, 0.3) is 0 Å². The maximum Gasteiger partial charge on any atom is 0.191 e. The molecule has 2 N–H and O–H groups in total. The van der Waals surface area contributed by atoms with Crippen molar-refractivity contribution < 1.29 is 4.74 Å². The number of nitrogens with zero attached hydrogens (tertiary/aromatic N) is 2. The number of hydrogen-bond donors (Lipinski definition) is 1. The van der Waals surface area contributed by atoms with Gasteiger partial charge in [-0.25, -0.2) is 4.99 Å². The molecule has 0 spiro atoms. The highest BCUT2D eigenvalue weighted by molar-refractivity contribution is 7.09. The predicted molar refractivity (Wildman–Crippen MR) is 62.0 cm³/mol. The number of ether oxygens (including phenoxy) is 1. The first-order valence-electron chi connectivity index (χ1n) is 5.01. The lowest BCUT2D eigenvalue weighted by atomic mass is 10.4. The highest BCUT2D eigenvalue weighted by atomic mass is 32.1. The average Bonchev–Trinajstić information content (AvgIpc) is 2.80. The SMILES string of the molecule is NC(=NCc1cccs1)N1CCOCC1. The lowest BCUT2D eigenvalue weighted by molar-refractivity contribution is 0.0674. The molecule has 0 unspecified atom stereocenters. The Kier molecular flexibility index (Phi) is 3.58. The van der Waals surface area contributed by atoms with Gasteiger partial charge in [-0.3, -0.25) is 0 Å². The van der Waals surface area contributed by atoms with Crippen molar-refractivity contribution in [2.24, 2.45) is 10.7 Å². The van der Waals surface area contributed by atoms with E-state index in [2.05, 4.69) is 21.3 Å². The van der Waals surface area contributed by atoms with Crippen LogP contribution in [0.25, 0.3) is 0 Å². The molecule has 0 aliphatic carbocycles. The van der Waals surface area contributed by atoms with Crippen LogP contribution in [0.5, 0.6) is 0 Å². The van der Waals surface area contributed by atoms with Crippen LogP contribution in [0.2, 0.25) is 0 Å². The fourth-order valence-corrected chi connectivity index (χ4v) is 2.08. The quantitative estimate of drug-likeness (QED) is 0.601. The van der Waals surface area contributed by atoms with Crippen LogP contribution in [0.4, 0.5) is 0 Å². The van der Waals surface area contributed by atoms with E-state index in [0.717, 1.165) is 26.3 Å². The number of thiophene rings is 1. The van der Waals surface area contributed by atoms with E-state index in [1.807, 2.05) is 6.07 Å². The summed E-state index contributed by atoms with van der Waals surface area (Å²) in [6, 6.07) is 4.10. The van der Waals surface area contributed by atoms with Gasteiger partial charge in [-0.2, -0.15) is 0 Å². The summed E-state index contributed by atoms with van der Waals surface area (Å²) in [7, 11) is 0. The van der Waals surface area contributed by atoms with Gasteiger partial charge in [-0.05, 0) is 11.4 Å². The average molecular weight is 225 g/mol.